The molecule has 0 saturated heterocycles. The van der Waals surface area contributed by atoms with Crippen LogP contribution in [0.1, 0.15) is 46.0 Å². The lowest BCUT2D eigenvalue weighted by molar-refractivity contribution is 0.0400. The molecule has 0 bridgehead atoms. The van der Waals surface area contributed by atoms with Crippen molar-refractivity contribution in [2.24, 2.45) is 23.0 Å². The maximum Gasteiger partial charge on any atom is 0.0487 e. The van der Waals surface area contributed by atoms with Gasteiger partial charge in [-0.05, 0) is 49.5 Å². The van der Waals surface area contributed by atoms with E-state index in [0.29, 0.717) is 18.4 Å². The summed E-state index contributed by atoms with van der Waals surface area (Å²) in [6, 6.07) is 0. The van der Waals surface area contributed by atoms with Crippen molar-refractivity contribution in [2.75, 3.05) is 13.2 Å². The normalized spacial score (nSPS) is 32.6. The number of rotatable bonds is 4. The molecule has 0 aromatic carbocycles. The lowest BCUT2D eigenvalue weighted by Crippen LogP contribution is -2.35. The fourth-order valence-electron chi connectivity index (χ4n) is 2.67. The molecule has 0 radical (unpaired) electrons. The van der Waals surface area contributed by atoms with Gasteiger partial charge in [0.2, 0.25) is 0 Å². The van der Waals surface area contributed by atoms with E-state index in [1.165, 1.54) is 25.7 Å². The summed E-state index contributed by atoms with van der Waals surface area (Å²) in [7, 11) is 0. The average molecular weight is 199 g/mol. The minimum atomic E-state index is 0.133. The van der Waals surface area contributed by atoms with Gasteiger partial charge in [-0.25, -0.2) is 0 Å². The van der Waals surface area contributed by atoms with Gasteiger partial charge in [0.1, 0.15) is 0 Å². The number of aliphatic hydroxyl groups excluding tert-OH is 1. The van der Waals surface area contributed by atoms with Crippen molar-refractivity contribution in [3.8, 4) is 0 Å². The lowest BCUT2D eigenvalue weighted by atomic mass is 9.66. The maximum absolute atomic E-state index is 9.47. The van der Waals surface area contributed by atoms with Crippen LogP contribution in [0.3, 0.4) is 0 Å². The van der Waals surface area contributed by atoms with Gasteiger partial charge in [-0.15, -0.1) is 0 Å². The second kappa shape index (κ2) is 5.13. The van der Waals surface area contributed by atoms with Gasteiger partial charge in [-0.3, -0.25) is 0 Å². The molecule has 1 saturated carbocycles. The molecule has 1 aliphatic carbocycles. The highest BCUT2D eigenvalue weighted by Gasteiger charge is 2.35. The van der Waals surface area contributed by atoms with Crippen molar-refractivity contribution in [1.82, 2.24) is 0 Å². The van der Waals surface area contributed by atoms with Crippen LogP contribution in [0.25, 0.3) is 0 Å². The number of hydrogen-bond donors (Lipinski definition) is 2. The minimum absolute atomic E-state index is 0.133. The highest BCUT2D eigenvalue weighted by molar-refractivity contribution is 4.85. The molecule has 1 rings (SSSR count). The lowest BCUT2D eigenvalue weighted by Gasteiger charge is -2.40. The highest BCUT2D eigenvalue weighted by Crippen LogP contribution is 2.42. The highest BCUT2D eigenvalue weighted by atomic mass is 16.3. The fraction of sp³-hybridized carbons (Fsp3) is 1.00. The molecule has 1 aliphatic rings. The molecule has 2 nitrogen and oxygen atoms in total. The van der Waals surface area contributed by atoms with E-state index in [1.54, 1.807) is 0 Å². The van der Waals surface area contributed by atoms with Gasteiger partial charge in [0.15, 0.2) is 0 Å². The predicted molar refractivity (Wildman–Crippen MR) is 60.0 cm³/mol. The van der Waals surface area contributed by atoms with Crippen LogP contribution in [0.15, 0.2) is 0 Å². The molecule has 3 atom stereocenters. The van der Waals surface area contributed by atoms with Gasteiger partial charge in [0.25, 0.3) is 0 Å². The van der Waals surface area contributed by atoms with Gasteiger partial charge < -0.3 is 10.8 Å². The molecule has 0 amide bonds. The Morgan fingerprint density at radius 2 is 2.14 bits per heavy atom. The summed E-state index contributed by atoms with van der Waals surface area (Å²) in [6.07, 6.45) is 6.16. The van der Waals surface area contributed by atoms with E-state index >= 15 is 0 Å². The van der Waals surface area contributed by atoms with Crippen molar-refractivity contribution < 1.29 is 5.11 Å². The molecule has 1 fully saturated rings. The first-order valence-corrected chi connectivity index (χ1v) is 5.97. The molecular weight excluding hydrogens is 174 g/mol. The van der Waals surface area contributed by atoms with Gasteiger partial charge >= 0.3 is 0 Å². The molecule has 0 spiro atoms. The van der Waals surface area contributed by atoms with Gasteiger partial charge in [-0.2, -0.15) is 0 Å². The summed E-state index contributed by atoms with van der Waals surface area (Å²) in [6.45, 7) is 5.55. The summed E-state index contributed by atoms with van der Waals surface area (Å²) in [5, 5.41) is 9.47. The monoisotopic (exact) mass is 199 g/mol. The zero-order valence-electron chi connectivity index (χ0n) is 9.63. The summed E-state index contributed by atoms with van der Waals surface area (Å²) < 4.78 is 0. The zero-order chi connectivity index (χ0) is 10.6. The Balaban J connectivity index is 2.57. The molecule has 2 heteroatoms. The van der Waals surface area contributed by atoms with Crippen LogP contribution >= 0.6 is 0 Å². The Bertz CT molecular complexity index is 166. The molecule has 3 unspecified atom stereocenters. The van der Waals surface area contributed by atoms with Gasteiger partial charge in [0, 0.05) is 6.61 Å². The van der Waals surface area contributed by atoms with Crippen LogP contribution in [-0.2, 0) is 0 Å². The smallest absolute Gasteiger partial charge is 0.0487 e. The third-order valence-electron chi connectivity index (χ3n) is 4.27. The van der Waals surface area contributed by atoms with Crippen molar-refractivity contribution in [3.05, 3.63) is 0 Å². The molecule has 3 N–H and O–H groups in total. The minimum Gasteiger partial charge on any atom is -0.396 e. The number of hydrogen-bond acceptors (Lipinski definition) is 2. The van der Waals surface area contributed by atoms with Gasteiger partial charge in [0.05, 0.1) is 0 Å². The SMILES string of the molecule is CCC(C)(CO)C1CCCC(CN)C1. The van der Waals surface area contributed by atoms with E-state index in [-0.39, 0.29) is 5.41 Å². The first-order valence-electron chi connectivity index (χ1n) is 5.97. The fourth-order valence-corrected chi connectivity index (χ4v) is 2.67. The quantitative estimate of drug-likeness (QED) is 0.729. The maximum atomic E-state index is 9.47. The van der Waals surface area contributed by atoms with E-state index in [1.807, 2.05) is 0 Å². The first-order chi connectivity index (χ1) is 6.66. The molecule has 0 heterocycles. The summed E-state index contributed by atoms with van der Waals surface area (Å²) in [4.78, 5) is 0. The van der Waals surface area contributed by atoms with E-state index in [4.69, 9.17) is 5.73 Å². The first kappa shape index (κ1) is 12.0. The van der Waals surface area contributed by atoms with E-state index in [9.17, 15) is 5.11 Å². The molecule has 84 valence electrons. The van der Waals surface area contributed by atoms with Crippen LogP contribution in [-0.4, -0.2) is 18.3 Å². The van der Waals surface area contributed by atoms with Crippen LogP contribution < -0.4 is 5.73 Å². The largest absolute Gasteiger partial charge is 0.396 e. The van der Waals surface area contributed by atoms with Crippen molar-refractivity contribution in [2.45, 2.75) is 46.0 Å². The Morgan fingerprint density at radius 1 is 1.43 bits per heavy atom. The van der Waals surface area contributed by atoms with E-state index in [2.05, 4.69) is 13.8 Å². The standard InChI is InChI=1S/C12H25NO/c1-3-12(2,9-14)11-6-4-5-10(7-11)8-13/h10-11,14H,3-9,13H2,1-2H3. The number of nitrogens with two attached hydrogens (primary N) is 1. The van der Waals surface area contributed by atoms with Crippen molar-refractivity contribution >= 4 is 0 Å². The topological polar surface area (TPSA) is 46.2 Å². The predicted octanol–water partition coefficient (Wildman–Crippen LogP) is 2.16. The Kier molecular flexibility index (Phi) is 4.39. The Labute approximate surface area is 87.9 Å². The Morgan fingerprint density at radius 3 is 2.64 bits per heavy atom. The molecule has 14 heavy (non-hydrogen) atoms. The van der Waals surface area contributed by atoms with E-state index < -0.39 is 0 Å². The average Bonchev–Trinajstić information content (AvgIpc) is 2.28. The Hall–Kier alpha value is -0.0800. The zero-order valence-corrected chi connectivity index (χ0v) is 9.63. The van der Waals surface area contributed by atoms with E-state index in [0.717, 1.165) is 13.0 Å². The summed E-state index contributed by atoms with van der Waals surface area (Å²) in [5.74, 6) is 1.38. The van der Waals surface area contributed by atoms with Gasteiger partial charge in [-0.1, -0.05) is 20.3 Å². The second-order valence-corrected chi connectivity index (χ2v) is 5.13. The second-order valence-electron chi connectivity index (χ2n) is 5.13. The molecule has 0 aromatic rings. The molecule has 0 aromatic heterocycles. The van der Waals surface area contributed by atoms with Crippen LogP contribution in [0.2, 0.25) is 0 Å². The third-order valence-corrected chi connectivity index (χ3v) is 4.27. The van der Waals surface area contributed by atoms with Crippen molar-refractivity contribution in [3.63, 3.8) is 0 Å². The molecule has 0 aliphatic heterocycles. The summed E-state index contributed by atoms with van der Waals surface area (Å²) >= 11 is 0. The molecular formula is C12H25NO. The van der Waals surface area contributed by atoms with Crippen LogP contribution in [0.4, 0.5) is 0 Å². The van der Waals surface area contributed by atoms with Crippen LogP contribution in [0.5, 0.6) is 0 Å². The van der Waals surface area contributed by atoms with Crippen LogP contribution in [0, 0.1) is 17.3 Å². The third kappa shape index (κ3) is 2.48. The summed E-state index contributed by atoms with van der Waals surface area (Å²) in [5.41, 5.74) is 5.86. The number of aliphatic hydroxyl groups is 1. The van der Waals surface area contributed by atoms with Crippen molar-refractivity contribution in [1.29, 1.82) is 0 Å².